The van der Waals surface area contributed by atoms with Gasteiger partial charge in [-0.15, -0.1) is 0 Å². The SMILES string of the molecule is CCCCCc1c(C)nc(C)c(CO)c1-c1ccccc1. The van der Waals surface area contributed by atoms with Crippen molar-refractivity contribution in [3.8, 4) is 11.1 Å². The first-order chi connectivity index (χ1) is 10.2. The topological polar surface area (TPSA) is 33.1 Å². The summed E-state index contributed by atoms with van der Waals surface area (Å²) < 4.78 is 0. The molecule has 2 rings (SSSR count). The van der Waals surface area contributed by atoms with E-state index in [0.717, 1.165) is 23.4 Å². The highest BCUT2D eigenvalue weighted by Crippen LogP contribution is 2.32. The average Bonchev–Trinajstić information content (AvgIpc) is 2.50. The van der Waals surface area contributed by atoms with Crippen LogP contribution in [-0.2, 0) is 13.0 Å². The van der Waals surface area contributed by atoms with Crippen molar-refractivity contribution in [3.63, 3.8) is 0 Å². The van der Waals surface area contributed by atoms with Crippen molar-refractivity contribution in [1.82, 2.24) is 4.98 Å². The zero-order valence-electron chi connectivity index (χ0n) is 13.3. The number of aryl methyl sites for hydroxylation is 2. The summed E-state index contributed by atoms with van der Waals surface area (Å²) in [5, 5.41) is 9.81. The molecular weight excluding hydrogens is 258 g/mol. The molecule has 1 N–H and O–H groups in total. The fourth-order valence-corrected chi connectivity index (χ4v) is 2.93. The highest BCUT2D eigenvalue weighted by Gasteiger charge is 2.16. The molecule has 0 aliphatic heterocycles. The zero-order chi connectivity index (χ0) is 15.2. The Kier molecular flexibility index (Phi) is 5.51. The van der Waals surface area contributed by atoms with Crippen LogP contribution in [0.15, 0.2) is 30.3 Å². The summed E-state index contributed by atoms with van der Waals surface area (Å²) >= 11 is 0. The van der Waals surface area contributed by atoms with Gasteiger partial charge in [0.15, 0.2) is 0 Å². The van der Waals surface area contributed by atoms with Gasteiger partial charge in [-0.05, 0) is 43.4 Å². The van der Waals surface area contributed by atoms with Gasteiger partial charge < -0.3 is 5.11 Å². The molecule has 0 saturated heterocycles. The third kappa shape index (κ3) is 3.51. The van der Waals surface area contributed by atoms with Gasteiger partial charge in [-0.3, -0.25) is 4.98 Å². The molecule has 0 amide bonds. The van der Waals surface area contributed by atoms with Crippen LogP contribution in [0.4, 0.5) is 0 Å². The number of pyridine rings is 1. The van der Waals surface area contributed by atoms with E-state index in [1.54, 1.807) is 0 Å². The Morgan fingerprint density at radius 2 is 1.62 bits per heavy atom. The van der Waals surface area contributed by atoms with Crippen LogP contribution in [0, 0.1) is 13.8 Å². The van der Waals surface area contributed by atoms with E-state index in [0.29, 0.717) is 0 Å². The number of unbranched alkanes of at least 4 members (excludes halogenated alkanes) is 2. The molecule has 2 heteroatoms. The van der Waals surface area contributed by atoms with Gasteiger partial charge in [0.05, 0.1) is 6.61 Å². The molecule has 2 aromatic rings. The summed E-state index contributed by atoms with van der Waals surface area (Å²) in [7, 11) is 0. The Labute approximate surface area is 127 Å². The maximum Gasteiger partial charge on any atom is 0.0705 e. The third-order valence-corrected chi connectivity index (χ3v) is 4.06. The van der Waals surface area contributed by atoms with Crippen molar-refractivity contribution in [3.05, 3.63) is 52.8 Å². The lowest BCUT2D eigenvalue weighted by Crippen LogP contribution is -2.06. The summed E-state index contributed by atoms with van der Waals surface area (Å²) in [6.45, 7) is 6.34. The van der Waals surface area contributed by atoms with Crippen LogP contribution in [0.3, 0.4) is 0 Å². The molecule has 0 spiro atoms. The van der Waals surface area contributed by atoms with Crippen molar-refractivity contribution in [2.75, 3.05) is 0 Å². The number of aliphatic hydroxyl groups is 1. The van der Waals surface area contributed by atoms with Crippen LogP contribution in [0.2, 0.25) is 0 Å². The Morgan fingerprint density at radius 1 is 0.952 bits per heavy atom. The quantitative estimate of drug-likeness (QED) is 0.786. The van der Waals surface area contributed by atoms with Crippen LogP contribution in [-0.4, -0.2) is 10.1 Å². The van der Waals surface area contributed by atoms with Crippen LogP contribution in [0.25, 0.3) is 11.1 Å². The van der Waals surface area contributed by atoms with E-state index < -0.39 is 0 Å². The lowest BCUT2D eigenvalue weighted by molar-refractivity contribution is 0.281. The minimum atomic E-state index is 0.0458. The van der Waals surface area contributed by atoms with E-state index in [4.69, 9.17) is 0 Å². The molecule has 0 saturated carbocycles. The van der Waals surface area contributed by atoms with Crippen LogP contribution in [0.5, 0.6) is 0 Å². The second-order valence-electron chi connectivity index (χ2n) is 5.60. The first kappa shape index (κ1) is 15.7. The monoisotopic (exact) mass is 283 g/mol. The van der Waals surface area contributed by atoms with Crippen LogP contribution < -0.4 is 0 Å². The Balaban J connectivity index is 2.56. The molecule has 0 aliphatic rings. The molecule has 0 aliphatic carbocycles. The molecule has 2 nitrogen and oxygen atoms in total. The van der Waals surface area contributed by atoms with E-state index in [1.165, 1.54) is 36.0 Å². The van der Waals surface area contributed by atoms with Crippen molar-refractivity contribution < 1.29 is 5.11 Å². The fraction of sp³-hybridized carbons (Fsp3) is 0.421. The molecule has 1 aromatic carbocycles. The maximum absolute atomic E-state index is 9.81. The van der Waals surface area contributed by atoms with Crippen molar-refractivity contribution >= 4 is 0 Å². The van der Waals surface area contributed by atoms with E-state index in [2.05, 4.69) is 43.1 Å². The number of hydrogen-bond acceptors (Lipinski definition) is 2. The fourth-order valence-electron chi connectivity index (χ4n) is 2.93. The third-order valence-electron chi connectivity index (χ3n) is 4.06. The smallest absolute Gasteiger partial charge is 0.0705 e. The van der Waals surface area contributed by atoms with Gasteiger partial charge in [-0.25, -0.2) is 0 Å². The molecule has 0 radical (unpaired) electrons. The van der Waals surface area contributed by atoms with Gasteiger partial charge in [0.1, 0.15) is 0 Å². The van der Waals surface area contributed by atoms with E-state index >= 15 is 0 Å². The lowest BCUT2D eigenvalue weighted by atomic mass is 9.90. The number of nitrogens with zero attached hydrogens (tertiary/aromatic N) is 1. The molecule has 0 fully saturated rings. The molecule has 0 bridgehead atoms. The maximum atomic E-state index is 9.81. The molecule has 0 atom stereocenters. The Hall–Kier alpha value is -1.67. The van der Waals surface area contributed by atoms with Gasteiger partial charge in [0.2, 0.25) is 0 Å². The highest BCUT2D eigenvalue weighted by atomic mass is 16.3. The van der Waals surface area contributed by atoms with Crippen molar-refractivity contribution in [2.24, 2.45) is 0 Å². The second kappa shape index (κ2) is 7.37. The highest BCUT2D eigenvalue weighted by molar-refractivity contribution is 5.72. The average molecular weight is 283 g/mol. The standard InChI is InChI=1S/C19H25NO/c1-4-5-7-12-17-14(2)20-15(3)18(13-21)19(17)16-10-8-6-9-11-16/h6,8-11,21H,4-5,7,12-13H2,1-3H3. The number of aliphatic hydroxyl groups excluding tert-OH is 1. The molecule has 112 valence electrons. The van der Waals surface area contributed by atoms with E-state index in [1.807, 2.05) is 13.0 Å². The number of benzene rings is 1. The molecule has 21 heavy (non-hydrogen) atoms. The summed E-state index contributed by atoms with van der Waals surface area (Å²) in [6, 6.07) is 10.4. The van der Waals surface area contributed by atoms with Gasteiger partial charge in [0.25, 0.3) is 0 Å². The molecule has 1 heterocycles. The van der Waals surface area contributed by atoms with Crippen molar-refractivity contribution in [2.45, 2.75) is 53.1 Å². The Bertz CT molecular complexity index is 590. The van der Waals surface area contributed by atoms with E-state index in [-0.39, 0.29) is 6.61 Å². The number of rotatable bonds is 6. The molecule has 0 unspecified atom stereocenters. The minimum Gasteiger partial charge on any atom is -0.392 e. The predicted molar refractivity (Wildman–Crippen MR) is 88.3 cm³/mol. The van der Waals surface area contributed by atoms with E-state index in [9.17, 15) is 5.11 Å². The number of aromatic nitrogens is 1. The summed E-state index contributed by atoms with van der Waals surface area (Å²) in [6.07, 6.45) is 4.65. The Morgan fingerprint density at radius 3 is 2.24 bits per heavy atom. The summed E-state index contributed by atoms with van der Waals surface area (Å²) in [4.78, 5) is 4.65. The first-order valence-corrected chi connectivity index (χ1v) is 7.84. The number of hydrogen-bond donors (Lipinski definition) is 1. The largest absolute Gasteiger partial charge is 0.392 e. The molecular formula is C19H25NO. The van der Waals surface area contributed by atoms with Crippen LogP contribution >= 0.6 is 0 Å². The lowest BCUT2D eigenvalue weighted by Gasteiger charge is -2.18. The summed E-state index contributed by atoms with van der Waals surface area (Å²) in [5.41, 5.74) is 6.68. The summed E-state index contributed by atoms with van der Waals surface area (Å²) in [5.74, 6) is 0. The van der Waals surface area contributed by atoms with Crippen LogP contribution in [0.1, 0.15) is 48.7 Å². The van der Waals surface area contributed by atoms with Gasteiger partial charge in [0, 0.05) is 17.0 Å². The minimum absolute atomic E-state index is 0.0458. The normalized spacial score (nSPS) is 10.9. The predicted octanol–water partition coefficient (Wildman–Crippen LogP) is 4.59. The zero-order valence-corrected chi connectivity index (χ0v) is 13.3. The first-order valence-electron chi connectivity index (χ1n) is 7.84. The van der Waals surface area contributed by atoms with Gasteiger partial charge in [-0.1, -0.05) is 50.1 Å². The molecule has 1 aromatic heterocycles. The van der Waals surface area contributed by atoms with Gasteiger partial charge >= 0.3 is 0 Å². The second-order valence-corrected chi connectivity index (χ2v) is 5.60. The van der Waals surface area contributed by atoms with Gasteiger partial charge in [-0.2, -0.15) is 0 Å². The van der Waals surface area contributed by atoms with Crippen molar-refractivity contribution in [1.29, 1.82) is 0 Å².